The molecule has 30 heavy (non-hydrogen) atoms. The Balaban J connectivity index is 1.31. The van der Waals surface area contributed by atoms with Gasteiger partial charge in [0.25, 0.3) is 0 Å². The topological polar surface area (TPSA) is 99.2 Å². The van der Waals surface area contributed by atoms with Crippen LogP contribution in [0.25, 0.3) is 0 Å². The summed E-state index contributed by atoms with van der Waals surface area (Å²) in [6, 6.07) is 5.56. The molecule has 8 heteroatoms. The lowest BCUT2D eigenvalue weighted by molar-refractivity contribution is -0.144. The molecule has 4 rings (SSSR count). The summed E-state index contributed by atoms with van der Waals surface area (Å²) in [5, 5.41) is 13.5. The third kappa shape index (κ3) is 4.43. The highest BCUT2D eigenvalue weighted by Gasteiger charge is 2.35. The normalized spacial score (nSPS) is 24.8. The summed E-state index contributed by atoms with van der Waals surface area (Å²) < 4.78 is 6.03. The fourth-order valence-corrected chi connectivity index (χ4v) is 4.56. The molecule has 8 nitrogen and oxygen atoms in total. The molecular formula is C22H29N3O5. The monoisotopic (exact) mass is 415 g/mol. The Kier molecular flexibility index (Phi) is 5.94. The first-order chi connectivity index (χ1) is 14.4. The van der Waals surface area contributed by atoms with E-state index < -0.39 is 6.10 Å². The standard InChI is InChI=1S/C22H29N3O5/c1-14(26)24-9-6-15(7-10-24)22(29)25-11-8-20(19(27)13-25)30-17-3-4-18-16(12-17)2-5-21(28)23-18/h3-4,12,15,19-20,27H,2,5-11,13H2,1H3,(H,23,28)/t19-,20-/m1/s1. The van der Waals surface area contributed by atoms with Gasteiger partial charge in [0, 0.05) is 51.0 Å². The Bertz CT molecular complexity index is 834. The number of nitrogens with one attached hydrogen (secondary N) is 1. The first-order valence-electron chi connectivity index (χ1n) is 10.7. The number of β-amino-alcohol motifs (C(OH)–C–C–N with tert-alkyl or cyclic N) is 1. The van der Waals surface area contributed by atoms with Gasteiger partial charge in [0.1, 0.15) is 18.0 Å². The number of likely N-dealkylation sites (tertiary alicyclic amines) is 2. The highest BCUT2D eigenvalue weighted by molar-refractivity contribution is 5.94. The number of carbonyl (C=O) groups excluding carboxylic acids is 3. The van der Waals surface area contributed by atoms with Gasteiger partial charge in [-0.25, -0.2) is 0 Å². The Morgan fingerprint density at radius 1 is 1.10 bits per heavy atom. The average Bonchev–Trinajstić information content (AvgIpc) is 2.74. The van der Waals surface area contributed by atoms with Crippen molar-refractivity contribution in [2.24, 2.45) is 5.92 Å². The molecule has 2 N–H and O–H groups in total. The Morgan fingerprint density at radius 3 is 2.53 bits per heavy atom. The predicted octanol–water partition coefficient (Wildman–Crippen LogP) is 1.17. The number of amides is 3. The number of ether oxygens (including phenoxy) is 1. The van der Waals surface area contributed by atoms with Gasteiger partial charge in [0.15, 0.2) is 0 Å². The Labute approximate surface area is 176 Å². The van der Waals surface area contributed by atoms with Crippen molar-refractivity contribution in [3.63, 3.8) is 0 Å². The van der Waals surface area contributed by atoms with Crippen LogP contribution in [-0.2, 0) is 20.8 Å². The van der Waals surface area contributed by atoms with E-state index >= 15 is 0 Å². The van der Waals surface area contributed by atoms with Gasteiger partial charge >= 0.3 is 0 Å². The number of benzene rings is 1. The van der Waals surface area contributed by atoms with E-state index in [1.165, 1.54) is 0 Å². The van der Waals surface area contributed by atoms with Crippen LogP contribution < -0.4 is 10.1 Å². The Morgan fingerprint density at radius 2 is 1.83 bits per heavy atom. The minimum atomic E-state index is -0.754. The van der Waals surface area contributed by atoms with E-state index in [-0.39, 0.29) is 36.3 Å². The van der Waals surface area contributed by atoms with Crippen LogP contribution in [0.4, 0.5) is 5.69 Å². The van der Waals surface area contributed by atoms with E-state index in [1.54, 1.807) is 22.8 Å². The molecule has 3 heterocycles. The summed E-state index contributed by atoms with van der Waals surface area (Å²) in [6.07, 6.45) is 1.93. The van der Waals surface area contributed by atoms with Crippen molar-refractivity contribution in [1.82, 2.24) is 9.80 Å². The van der Waals surface area contributed by atoms with Gasteiger partial charge in [0.2, 0.25) is 17.7 Å². The van der Waals surface area contributed by atoms with Gasteiger partial charge in [-0.3, -0.25) is 14.4 Å². The van der Waals surface area contributed by atoms with E-state index in [9.17, 15) is 19.5 Å². The van der Waals surface area contributed by atoms with Crippen LogP contribution in [-0.4, -0.2) is 71.0 Å². The van der Waals surface area contributed by atoms with Crippen LogP contribution in [0.3, 0.4) is 0 Å². The second kappa shape index (κ2) is 8.63. The predicted molar refractivity (Wildman–Crippen MR) is 110 cm³/mol. The molecule has 0 spiro atoms. The quantitative estimate of drug-likeness (QED) is 0.772. The maximum atomic E-state index is 12.9. The van der Waals surface area contributed by atoms with E-state index in [0.29, 0.717) is 57.5 Å². The van der Waals surface area contributed by atoms with E-state index in [2.05, 4.69) is 5.32 Å². The van der Waals surface area contributed by atoms with Crippen LogP contribution in [0.2, 0.25) is 0 Å². The maximum absolute atomic E-state index is 12.9. The second-order valence-corrected chi connectivity index (χ2v) is 8.44. The molecule has 3 amide bonds. The van der Waals surface area contributed by atoms with Crippen LogP contribution in [0.5, 0.6) is 5.75 Å². The zero-order chi connectivity index (χ0) is 21.3. The van der Waals surface area contributed by atoms with Gasteiger partial charge in [-0.2, -0.15) is 0 Å². The molecule has 2 atom stereocenters. The highest BCUT2D eigenvalue weighted by atomic mass is 16.5. The number of hydrogen-bond donors (Lipinski definition) is 2. The van der Waals surface area contributed by atoms with E-state index in [0.717, 1.165) is 11.3 Å². The van der Waals surface area contributed by atoms with Crippen molar-refractivity contribution >= 4 is 23.4 Å². The van der Waals surface area contributed by atoms with Crippen LogP contribution in [0.1, 0.15) is 38.2 Å². The number of piperidine rings is 2. The number of nitrogens with zero attached hydrogens (tertiary/aromatic N) is 2. The lowest BCUT2D eigenvalue weighted by Gasteiger charge is -2.39. The fraction of sp³-hybridized carbons (Fsp3) is 0.591. The smallest absolute Gasteiger partial charge is 0.225 e. The molecule has 0 saturated carbocycles. The third-order valence-electron chi connectivity index (χ3n) is 6.38. The molecule has 162 valence electrons. The molecular weight excluding hydrogens is 386 g/mol. The summed E-state index contributed by atoms with van der Waals surface area (Å²) in [5.41, 5.74) is 1.85. The van der Waals surface area contributed by atoms with Crippen LogP contribution in [0, 0.1) is 5.92 Å². The number of carbonyl (C=O) groups is 3. The van der Waals surface area contributed by atoms with Crippen molar-refractivity contribution in [3.05, 3.63) is 23.8 Å². The van der Waals surface area contributed by atoms with Crippen molar-refractivity contribution in [2.75, 3.05) is 31.5 Å². The lowest BCUT2D eigenvalue weighted by atomic mass is 9.93. The molecule has 1 aromatic carbocycles. The molecule has 2 saturated heterocycles. The molecule has 0 radical (unpaired) electrons. The van der Waals surface area contributed by atoms with E-state index in [1.807, 2.05) is 12.1 Å². The molecule has 0 aromatic heterocycles. The van der Waals surface area contributed by atoms with Crippen molar-refractivity contribution in [2.45, 2.75) is 51.2 Å². The first kappa shape index (κ1) is 20.7. The molecule has 3 aliphatic heterocycles. The van der Waals surface area contributed by atoms with Crippen LogP contribution in [0.15, 0.2) is 18.2 Å². The van der Waals surface area contributed by atoms with Crippen molar-refractivity contribution < 1.29 is 24.2 Å². The summed E-state index contributed by atoms with van der Waals surface area (Å²) in [4.78, 5) is 39.3. The third-order valence-corrected chi connectivity index (χ3v) is 6.38. The Hall–Kier alpha value is -2.61. The number of anilines is 1. The van der Waals surface area contributed by atoms with E-state index in [4.69, 9.17) is 4.74 Å². The van der Waals surface area contributed by atoms with Crippen molar-refractivity contribution in [1.29, 1.82) is 0 Å². The molecule has 3 aliphatic rings. The van der Waals surface area contributed by atoms with Gasteiger partial charge in [-0.1, -0.05) is 0 Å². The summed E-state index contributed by atoms with van der Waals surface area (Å²) in [6.45, 7) is 3.60. The zero-order valence-corrected chi connectivity index (χ0v) is 17.3. The number of fused-ring (bicyclic) bond motifs is 1. The number of rotatable bonds is 3. The van der Waals surface area contributed by atoms with Crippen LogP contribution >= 0.6 is 0 Å². The van der Waals surface area contributed by atoms with Gasteiger partial charge in [-0.15, -0.1) is 0 Å². The number of aryl methyl sites for hydroxylation is 1. The summed E-state index contributed by atoms with van der Waals surface area (Å²) in [5.74, 6) is 0.737. The average molecular weight is 415 g/mol. The molecule has 0 aliphatic carbocycles. The molecule has 0 unspecified atom stereocenters. The fourth-order valence-electron chi connectivity index (χ4n) is 4.56. The number of aliphatic hydroxyl groups is 1. The first-order valence-corrected chi connectivity index (χ1v) is 10.7. The minimum absolute atomic E-state index is 0.0237. The SMILES string of the molecule is CC(=O)N1CCC(C(=O)N2CC[C@@H](Oc3ccc4c(c3)CCC(=O)N4)[C@H](O)C2)CC1. The molecule has 0 bridgehead atoms. The van der Waals surface area contributed by atoms with Crippen molar-refractivity contribution in [3.8, 4) is 5.75 Å². The van der Waals surface area contributed by atoms with Gasteiger partial charge in [-0.05, 0) is 43.0 Å². The summed E-state index contributed by atoms with van der Waals surface area (Å²) in [7, 11) is 0. The van der Waals surface area contributed by atoms with Gasteiger partial charge in [0.05, 0.1) is 6.54 Å². The minimum Gasteiger partial charge on any atom is -0.488 e. The summed E-state index contributed by atoms with van der Waals surface area (Å²) >= 11 is 0. The van der Waals surface area contributed by atoms with Gasteiger partial charge < -0.3 is 25.0 Å². The maximum Gasteiger partial charge on any atom is 0.225 e. The molecule has 2 fully saturated rings. The largest absolute Gasteiger partial charge is 0.488 e. The second-order valence-electron chi connectivity index (χ2n) is 8.44. The highest BCUT2D eigenvalue weighted by Crippen LogP contribution is 2.29. The zero-order valence-electron chi connectivity index (χ0n) is 17.3. The molecule has 1 aromatic rings. The number of hydrogen-bond acceptors (Lipinski definition) is 5. The number of aliphatic hydroxyl groups excluding tert-OH is 1. The lowest BCUT2D eigenvalue weighted by Crippen LogP contribution is -2.53.